The average Bonchev–Trinajstić information content (AvgIpc) is 1.41. The van der Waals surface area contributed by atoms with Crippen molar-refractivity contribution in [3.8, 4) is 0 Å². The molecule has 0 aromatic heterocycles. The van der Waals surface area contributed by atoms with Crippen LogP contribution in [0.25, 0.3) is 0 Å². The van der Waals surface area contributed by atoms with Crippen molar-refractivity contribution in [3.63, 3.8) is 0 Å². The van der Waals surface area contributed by atoms with E-state index < -0.39 is 9.64 Å². The van der Waals surface area contributed by atoms with Gasteiger partial charge in [-0.1, -0.05) is 9.64 Å². The minimum atomic E-state index is -2.03. The van der Waals surface area contributed by atoms with Crippen molar-refractivity contribution in [1.29, 1.82) is 0 Å². The lowest BCUT2D eigenvalue weighted by Gasteiger charge is -1.66. The minimum absolute atomic E-state index is 2.03. The third-order valence-electron chi connectivity index (χ3n) is 0. The Morgan fingerprint density at radius 1 is 1.50 bits per heavy atom. The monoisotopic (exact) mass is 131 g/mol. The van der Waals surface area contributed by atoms with Crippen LogP contribution in [0.1, 0.15) is 0 Å². The second-order valence-electron chi connectivity index (χ2n) is 0.217. The molecule has 0 saturated carbocycles. The molecule has 0 atom stereocenters. The van der Waals surface area contributed by atoms with Gasteiger partial charge in [0.1, 0.15) is 0 Å². The van der Waals surface area contributed by atoms with E-state index in [0.29, 0.717) is 0 Å². The van der Waals surface area contributed by atoms with Gasteiger partial charge in [0.15, 0.2) is 0 Å². The van der Waals surface area contributed by atoms with Gasteiger partial charge in [-0.25, -0.2) is 11.2 Å². The molecule has 6 heavy (non-hydrogen) atoms. The standard InChI is InChI=1S/HO2S2.H2O2/c1-4(2)3;1-2/h(H,1,2,3);1-2H/q-1;. The Labute approximate surface area is 40.9 Å². The summed E-state index contributed by atoms with van der Waals surface area (Å²) in [5.74, 6) is 0. The fourth-order valence-electron chi connectivity index (χ4n) is 0. The first kappa shape index (κ1) is 9.54. The molecule has 0 saturated heterocycles. The Kier molecular flexibility index (Phi) is 14.3. The molecule has 4 nitrogen and oxygen atoms in total. The van der Waals surface area contributed by atoms with Crippen molar-refractivity contribution in [2.45, 2.75) is 0 Å². The summed E-state index contributed by atoms with van der Waals surface area (Å²) >= 11 is 3.65. The Morgan fingerprint density at radius 3 is 1.50 bits per heavy atom. The SMILES string of the molecule is O=[S-](O)=S.OO. The zero-order chi connectivity index (χ0) is 5.58. The van der Waals surface area contributed by atoms with E-state index in [2.05, 4.69) is 11.2 Å². The van der Waals surface area contributed by atoms with E-state index in [9.17, 15) is 0 Å². The molecule has 40 valence electrons. The molecule has 0 aliphatic carbocycles. The van der Waals surface area contributed by atoms with Crippen molar-refractivity contribution < 1.29 is 19.3 Å². The van der Waals surface area contributed by atoms with Gasteiger partial charge in [-0.2, -0.15) is 0 Å². The Hall–Kier alpha value is 0.250. The van der Waals surface area contributed by atoms with Gasteiger partial charge in [-0.15, -0.1) is 0 Å². The van der Waals surface area contributed by atoms with E-state index in [1.165, 1.54) is 0 Å². The molecule has 6 heteroatoms. The highest BCUT2D eigenvalue weighted by Crippen LogP contribution is 1.33. The predicted octanol–water partition coefficient (Wildman–Crippen LogP) is -0.0975. The van der Waals surface area contributed by atoms with Gasteiger partial charge in [-0.3, -0.25) is 10.5 Å². The van der Waals surface area contributed by atoms with Crippen LogP contribution in [-0.4, -0.2) is 15.1 Å². The van der Waals surface area contributed by atoms with Crippen LogP contribution in [0.2, 0.25) is 0 Å². The molecule has 0 unspecified atom stereocenters. The summed E-state index contributed by atoms with van der Waals surface area (Å²) in [6, 6.07) is 0. The lowest BCUT2D eigenvalue weighted by molar-refractivity contribution is -0.176. The number of hydrogen-bond acceptors (Lipinski definition) is 5. The zero-order valence-corrected chi connectivity index (χ0v) is 4.20. The highest BCUT2D eigenvalue weighted by atomic mass is 32.8. The fraction of sp³-hybridized carbons (Fsp3) is 0. The van der Waals surface area contributed by atoms with Gasteiger partial charge in [0.25, 0.3) is 0 Å². The van der Waals surface area contributed by atoms with E-state index in [4.69, 9.17) is 19.3 Å². The van der Waals surface area contributed by atoms with Crippen LogP contribution in [0.4, 0.5) is 0 Å². The molecule has 0 amide bonds. The Balaban J connectivity index is 0. The van der Waals surface area contributed by atoms with Crippen LogP contribution in [0.5, 0.6) is 0 Å². The van der Waals surface area contributed by atoms with Crippen molar-refractivity contribution in [2.24, 2.45) is 0 Å². The maximum absolute atomic E-state index is 8.93. The molecule has 3 N–H and O–H groups in total. The van der Waals surface area contributed by atoms with E-state index in [1.807, 2.05) is 0 Å². The second-order valence-corrected chi connectivity index (χ2v) is 1.51. The quantitative estimate of drug-likeness (QED) is 0.185. The molecule has 0 spiro atoms. The largest absolute Gasteiger partial charge is 0.459 e. The molecule has 0 aliphatic heterocycles. The number of rotatable bonds is 0. The zero-order valence-electron chi connectivity index (χ0n) is 2.57. The van der Waals surface area contributed by atoms with Crippen LogP contribution < -0.4 is 0 Å². The normalized spacial score (nSPS) is 6.67. The van der Waals surface area contributed by atoms with Crippen molar-refractivity contribution in [2.75, 3.05) is 0 Å². The van der Waals surface area contributed by atoms with Crippen LogP contribution in [0.15, 0.2) is 0 Å². The molecule has 0 bridgehead atoms. The van der Waals surface area contributed by atoms with Crippen LogP contribution in [0.3, 0.4) is 0 Å². The van der Waals surface area contributed by atoms with E-state index in [1.54, 1.807) is 0 Å². The van der Waals surface area contributed by atoms with Crippen LogP contribution >= 0.6 is 0 Å². The lowest BCUT2D eigenvalue weighted by Crippen LogP contribution is -1.51. The van der Waals surface area contributed by atoms with Crippen molar-refractivity contribution in [3.05, 3.63) is 0 Å². The summed E-state index contributed by atoms with van der Waals surface area (Å²) < 4.78 is 16.3. The fourth-order valence-corrected chi connectivity index (χ4v) is 0. The maximum atomic E-state index is 8.93. The van der Waals surface area contributed by atoms with E-state index in [0.717, 1.165) is 0 Å². The molecule has 0 radical (unpaired) electrons. The van der Waals surface area contributed by atoms with Gasteiger partial charge in [-0.05, 0) is 0 Å². The first-order valence-corrected chi connectivity index (χ1v) is 2.75. The van der Waals surface area contributed by atoms with Crippen molar-refractivity contribution >= 4 is 20.8 Å². The molecule has 0 aromatic rings. The average molecular weight is 131 g/mol. The van der Waals surface area contributed by atoms with Gasteiger partial charge in [0, 0.05) is 0 Å². The smallest absolute Gasteiger partial charge is 0.0918 e. The molecular weight excluding hydrogens is 128 g/mol. The summed E-state index contributed by atoms with van der Waals surface area (Å²) in [4.78, 5) is 0. The van der Waals surface area contributed by atoms with Gasteiger partial charge < -0.3 is 8.76 Å². The third kappa shape index (κ3) is 718. The van der Waals surface area contributed by atoms with E-state index >= 15 is 0 Å². The molecule has 0 rings (SSSR count). The summed E-state index contributed by atoms with van der Waals surface area (Å²) in [6.45, 7) is 0. The van der Waals surface area contributed by atoms with Gasteiger partial charge in [0.05, 0.1) is 0 Å². The van der Waals surface area contributed by atoms with Gasteiger partial charge >= 0.3 is 0 Å². The van der Waals surface area contributed by atoms with Gasteiger partial charge in [0.2, 0.25) is 0 Å². The summed E-state index contributed by atoms with van der Waals surface area (Å²) in [5, 5.41) is 12.0. The second kappa shape index (κ2) is 8.98. The summed E-state index contributed by atoms with van der Waals surface area (Å²) in [5.41, 5.74) is 0. The summed E-state index contributed by atoms with van der Waals surface area (Å²) in [7, 11) is -2.03. The topological polar surface area (TPSA) is 77.8 Å². The molecular formula is H3O4S2-. The predicted molar refractivity (Wildman–Crippen MR) is 23.3 cm³/mol. The molecule has 0 fully saturated rings. The lowest BCUT2D eigenvalue weighted by atomic mass is 15.0. The first-order valence-electron chi connectivity index (χ1n) is 0.716. The number of hydrogen-bond donors (Lipinski definition) is 3. The third-order valence-corrected chi connectivity index (χ3v) is 0. The Bertz CT molecular complexity index is 53.9. The van der Waals surface area contributed by atoms with E-state index in [-0.39, 0.29) is 0 Å². The minimum Gasteiger partial charge on any atom is -0.459 e. The highest BCUT2D eigenvalue weighted by Gasteiger charge is 1.19. The summed E-state index contributed by atoms with van der Waals surface area (Å²) in [6.07, 6.45) is 0. The Morgan fingerprint density at radius 2 is 1.50 bits per heavy atom. The van der Waals surface area contributed by atoms with Crippen molar-refractivity contribution in [1.82, 2.24) is 0 Å². The van der Waals surface area contributed by atoms with Crippen LogP contribution in [-0.2, 0) is 25.0 Å². The molecule has 0 heterocycles. The van der Waals surface area contributed by atoms with Crippen LogP contribution in [0, 0.1) is 0 Å². The molecule has 0 aliphatic rings. The molecule has 0 aromatic carbocycles. The highest BCUT2D eigenvalue weighted by molar-refractivity contribution is 8.18. The first-order chi connectivity index (χ1) is 2.73. The maximum Gasteiger partial charge on any atom is -0.0918 e.